The van der Waals surface area contributed by atoms with Crippen molar-refractivity contribution in [3.63, 3.8) is 0 Å². The molecule has 2 atom stereocenters. The van der Waals surface area contributed by atoms with Crippen LogP contribution in [0.3, 0.4) is 0 Å². The Morgan fingerprint density at radius 1 is 1.36 bits per heavy atom. The van der Waals surface area contributed by atoms with E-state index in [0.717, 1.165) is 5.56 Å². The third kappa shape index (κ3) is 1.69. The lowest BCUT2D eigenvalue weighted by molar-refractivity contribution is -0.122. The summed E-state index contributed by atoms with van der Waals surface area (Å²) < 4.78 is 5.41. The van der Waals surface area contributed by atoms with Gasteiger partial charge < -0.3 is 9.84 Å². The first-order valence-corrected chi connectivity index (χ1v) is 4.65. The van der Waals surface area contributed by atoms with Crippen LogP contribution in [0.5, 0.6) is 0 Å². The van der Waals surface area contributed by atoms with E-state index in [1.54, 1.807) is 0 Å². The number of benzene rings is 1. The zero-order valence-corrected chi connectivity index (χ0v) is 7.72. The molecule has 1 N–H and O–H groups in total. The Kier molecular flexibility index (Phi) is 2.61. The predicted octanol–water partition coefficient (Wildman–Crippen LogP) is 1.08. The molecule has 1 heterocycles. The van der Waals surface area contributed by atoms with Crippen LogP contribution < -0.4 is 0 Å². The van der Waals surface area contributed by atoms with Crippen LogP contribution >= 0.6 is 0 Å². The topological polar surface area (TPSA) is 46.5 Å². The molecule has 0 aromatic heterocycles. The predicted molar refractivity (Wildman–Crippen MR) is 50.8 cm³/mol. The first-order chi connectivity index (χ1) is 6.81. The van der Waals surface area contributed by atoms with Crippen LogP contribution in [0.2, 0.25) is 0 Å². The van der Waals surface area contributed by atoms with Gasteiger partial charge in [-0.05, 0) is 5.56 Å². The van der Waals surface area contributed by atoms with Crippen LogP contribution in [0.15, 0.2) is 30.3 Å². The number of ketones is 1. The molecular weight excluding hydrogens is 180 g/mol. The lowest BCUT2D eigenvalue weighted by atomic mass is 10.1. The van der Waals surface area contributed by atoms with Crippen LogP contribution in [0, 0.1) is 0 Å². The largest absolute Gasteiger partial charge is 0.394 e. The summed E-state index contributed by atoms with van der Waals surface area (Å²) in [6.07, 6.45) is -0.489. The molecule has 3 heteroatoms. The van der Waals surface area contributed by atoms with Crippen molar-refractivity contribution < 1.29 is 14.6 Å². The molecule has 1 fully saturated rings. The van der Waals surface area contributed by atoms with E-state index in [0.29, 0.717) is 6.42 Å². The van der Waals surface area contributed by atoms with Crippen molar-refractivity contribution in [1.82, 2.24) is 0 Å². The third-order valence-corrected chi connectivity index (χ3v) is 2.36. The second kappa shape index (κ2) is 3.90. The van der Waals surface area contributed by atoms with E-state index in [9.17, 15) is 4.79 Å². The number of aliphatic hydroxyl groups excluding tert-OH is 1. The Labute approximate surface area is 82.3 Å². The number of ether oxygens (including phenoxy) is 1. The number of carbonyl (C=O) groups is 1. The van der Waals surface area contributed by atoms with E-state index in [-0.39, 0.29) is 18.5 Å². The molecule has 0 unspecified atom stereocenters. The molecule has 0 radical (unpaired) electrons. The molecule has 1 aromatic carbocycles. The maximum atomic E-state index is 11.5. The number of hydrogen-bond acceptors (Lipinski definition) is 3. The van der Waals surface area contributed by atoms with E-state index in [2.05, 4.69) is 0 Å². The van der Waals surface area contributed by atoms with Crippen LogP contribution in [-0.2, 0) is 9.53 Å². The number of carbonyl (C=O) groups excluding carboxylic acids is 1. The van der Waals surface area contributed by atoms with Crippen molar-refractivity contribution in [2.75, 3.05) is 6.61 Å². The Bertz CT molecular complexity index is 321. The van der Waals surface area contributed by atoms with Gasteiger partial charge in [-0.2, -0.15) is 0 Å². The summed E-state index contributed by atoms with van der Waals surface area (Å²) >= 11 is 0. The summed E-state index contributed by atoms with van der Waals surface area (Å²) in [5, 5.41) is 8.87. The van der Waals surface area contributed by atoms with Gasteiger partial charge in [0.15, 0.2) is 5.78 Å². The van der Waals surface area contributed by atoms with E-state index in [4.69, 9.17) is 9.84 Å². The summed E-state index contributed by atoms with van der Waals surface area (Å²) in [5.41, 5.74) is 0.869. The second-order valence-corrected chi connectivity index (χ2v) is 3.40. The lowest BCUT2D eigenvalue weighted by Gasteiger charge is -2.10. The highest BCUT2D eigenvalue weighted by molar-refractivity contribution is 5.86. The summed E-state index contributed by atoms with van der Waals surface area (Å²) in [6, 6.07) is 9.37. The van der Waals surface area contributed by atoms with Crippen molar-refractivity contribution >= 4 is 5.78 Å². The normalized spacial score (nSPS) is 26.8. The Hall–Kier alpha value is -1.19. The first kappa shape index (κ1) is 9.37. The van der Waals surface area contributed by atoms with Crippen molar-refractivity contribution in [2.45, 2.75) is 18.6 Å². The van der Waals surface area contributed by atoms with Gasteiger partial charge in [0.25, 0.3) is 0 Å². The van der Waals surface area contributed by atoms with Gasteiger partial charge in [-0.1, -0.05) is 30.3 Å². The van der Waals surface area contributed by atoms with Crippen molar-refractivity contribution in [2.24, 2.45) is 0 Å². The van der Waals surface area contributed by atoms with Crippen molar-refractivity contribution in [3.05, 3.63) is 35.9 Å². The van der Waals surface area contributed by atoms with Gasteiger partial charge in [0, 0.05) is 6.42 Å². The highest BCUT2D eigenvalue weighted by atomic mass is 16.5. The van der Waals surface area contributed by atoms with Crippen LogP contribution in [-0.4, -0.2) is 23.6 Å². The number of Topliss-reactive ketones (excluding diaryl/α,β-unsaturated/α-hetero) is 1. The monoisotopic (exact) mass is 192 g/mol. The highest BCUT2D eigenvalue weighted by Gasteiger charge is 2.33. The molecule has 1 aliphatic rings. The fourth-order valence-corrected chi connectivity index (χ4v) is 1.65. The van der Waals surface area contributed by atoms with Gasteiger partial charge in [-0.3, -0.25) is 4.79 Å². The molecule has 14 heavy (non-hydrogen) atoms. The summed E-state index contributed by atoms with van der Waals surface area (Å²) in [5.74, 6) is 0.0512. The van der Waals surface area contributed by atoms with E-state index >= 15 is 0 Å². The third-order valence-electron chi connectivity index (χ3n) is 2.36. The zero-order chi connectivity index (χ0) is 9.97. The van der Waals surface area contributed by atoms with Crippen molar-refractivity contribution in [3.8, 4) is 0 Å². The molecular formula is C11H12O3. The summed E-state index contributed by atoms with van der Waals surface area (Å²) in [6.45, 7) is -0.0882. The highest BCUT2D eigenvalue weighted by Crippen LogP contribution is 2.29. The molecule has 0 amide bonds. The first-order valence-electron chi connectivity index (χ1n) is 4.65. The zero-order valence-electron chi connectivity index (χ0n) is 7.72. The molecule has 0 spiro atoms. The molecule has 3 nitrogen and oxygen atoms in total. The molecule has 1 aliphatic heterocycles. The maximum Gasteiger partial charge on any atom is 0.168 e. The molecule has 1 aromatic rings. The lowest BCUT2D eigenvalue weighted by Crippen LogP contribution is -2.10. The average Bonchev–Trinajstić information content (AvgIpc) is 2.61. The molecule has 74 valence electrons. The number of hydrogen-bond donors (Lipinski definition) is 1. The molecule has 0 aliphatic carbocycles. The molecule has 0 bridgehead atoms. The SMILES string of the molecule is O=C1C[C@@H](CO)O[C@@H]1c1ccccc1. The standard InChI is InChI=1S/C11H12O3/c12-7-9-6-10(13)11(14-9)8-4-2-1-3-5-8/h1-5,9,11-12H,6-7H2/t9-,11+/m0/s1. The minimum absolute atomic E-state index is 0.0512. The molecule has 0 saturated carbocycles. The van der Waals surface area contributed by atoms with Crippen LogP contribution in [0.25, 0.3) is 0 Å². The van der Waals surface area contributed by atoms with Gasteiger partial charge in [0.2, 0.25) is 0 Å². The minimum Gasteiger partial charge on any atom is -0.394 e. The summed E-state index contributed by atoms with van der Waals surface area (Å²) in [4.78, 5) is 11.5. The second-order valence-electron chi connectivity index (χ2n) is 3.40. The van der Waals surface area contributed by atoms with Crippen molar-refractivity contribution in [1.29, 1.82) is 0 Å². The molecule has 1 saturated heterocycles. The maximum absolute atomic E-state index is 11.5. The fraction of sp³-hybridized carbons (Fsp3) is 0.364. The van der Waals surface area contributed by atoms with Gasteiger partial charge in [0.05, 0.1) is 12.7 Å². The Morgan fingerprint density at radius 2 is 2.07 bits per heavy atom. The quantitative estimate of drug-likeness (QED) is 0.762. The molecule has 2 rings (SSSR count). The number of rotatable bonds is 2. The van der Waals surface area contributed by atoms with E-state index in [1.165, 1.54) is 0 Å². The fourth-order valence-electron chi connectivity index (χ4n) is 1.65. The van der Waals surface area contributed by atoms with E-state index < -0.39 is 6.10 Å². The minimum atomic E-state index is -0.478. The van der Waals surface area contributed by atoms with Gasteiger partial charge in [-0.25, -0.2) is 0 Å². The smallest absolute Gasteiger partial charge is 0.168 e. The Balaban J connectivity index is 2.17. The average molecular weight is 192 g/mol. The number of aliphatic hydroxyl groups is 1. The summed E-state index contributed by atoms with van der Waals surface area (Å²) in [7, 11) is 0. The van der Waals surface area contributed by atoms with Gasteiger partial charge >= 0.3 is 0 Å². The Morgan fingerprint density at radius 3 is 2.64 bits per heavy atom. The van der Waals surface area contributed by atoms with Crippen LogP contribution in [0.1, 0.15) is 18.1 Å². The van der Waals surface area contributed by atoms with Gasteiger partial charge in [-0.15, -0.1) is 0 Å². The van der Waals surface area contributed by atoms with Gasteiger partial charge in [0.1, 0.15) is 6.10 Å². The van der Waals surface area contributed by atoms with E-state index in [1.807, 2.05) is 30.3 Å². The van der Waals surface area contributed by atoms with Crippen LogP contribution in [0.4, 0.5) is 0 Å².